The van der Waals surface area contributed by atoms with E-state index in [0.717, 1.165) is 33.5 Å². The molecule has 0 unspecified atom stereocenters. The molecule has 0 spiro atoms. The molecule has 0 atom stereocenters. The van der Waals surface area contributed by atoms with Crippen LogP contribution in [0.15, 0.2) is 36.4 Å². The molecule has 0 aliphatic heterocycles. The monoisotopic (exact) mass is 401 g/mol. The Morgan fingerprint density at radius 2 is 1.93 bits per heavy atom. The van der Waals surface area contributed by atoms with Gasteiger partial charge >= 0.3 is 0 Å². The Kier molecular flexibility index (Phi) is 6.15. The molecule has 0 bridgehead atoms. The van der Waals surface area contributed by atoms with Crippen LogP contribution in [0.5, 0.6) is 0 Å². The molecule has 27 heavy (non-hydrogen) atoms. The quantitative estimate of drug-likeness (QED) is 0.600. The second kappa shape index (κ2) is 8.38. The van der Waals surface area contributed by atoms with Crippen molar-refractivity contribution in [2.24, 2.45) is 0 Å². The fraction of sp³-hybridized carbons (Fsp3) is 0.333. The molecule has 0 saturated heterocycles. The molecule has 0 aliphatic rings. The maximum atomic E-state index is 13.1. The van der Waals surface area contributed by atoms with Crippen LogP contribution in [0, 0.1) is 13.8 Å². The van der Waals surface area contributed by atoms with Gasteiger partial charge < -0.3 is 4.90 Å². The van der Waals surface area contributed by atoms with Gasteiger partial charge in [-0.2, -0.15) is 0 Å². The number of thiazole rings is 1. The van der Waals surface area contributed by atoms with Crippen LogP contribution in [-0.2, 0) is 11.2 Å². The van der Waals surface area contributed by atoms with E-state index in [1.165, 1.54) is 11.3 Å². The van der Waals surface area contributed by atoms with Crippen molar-refractivity contribution in [1.82, 2.24) is 9.88 Å². The maximum Gasteiger partial charge on any atom is 0.233 e. The summed E-state index contributed by atoms with van der Waals surface area (Å²) in [4.78, 5) is 21.7. The summed E-state index contributed by atoms with van der Waals surface area (Å²) in [5.74, 6) is 0.0512. The van der Waals surface area contributed by atoms with Gasteiger partial charge in [-0.25, -0.2) is 4.98 Å². The lowest BCUT2D eigenvalue weighted by molar-refractivity contribution is -0.118. The van der Waals surface area contributed by atoms with Crippen molar-refractivity contribution in [2.75, 3.05) is 32.1 Å². The third kappa shape index (κ3) is 4.67. The summed E-state index contributed by atoms with van der Waals surface area (Å²) in [5.41, 5.74) is 4.11. The molecule has 1 amide bonds. The highest BCUT2D eigenvalue weighted by molar-refractivity contribution is 7.23. The normalized spacial score (nSPS) is 11.3. The molecular weight excluding hydrogens is 378 g/mol. The molecule has 0 fully saturated rings. The Morgan fingerprint density at radius 1 is 1.15 bits per heavy atom. The number of nitrogens with zero attached hydrogens (tertiary/aromatic N) is 3. The number of hydrogen-bond acceptors (Lipinski definition) is 4. The van der Waals surface area contributed by atoms with Gasteiger partial charge in [-0.15, -0.1) is 0 Å². The zero-order valence-corrected chi connectivity index (χ0v) is 17.7. The molecule has 0 saturated carbocycles. The minimum Gasteiger partial charge on any atom is -0.308 e. The smallest absolute Gasteiger partial charge is 0.233 e. The second-order valence-corrected chi connectivity index (χ2v) is 8.44. The van der Waals surface area contributed by atoms with E-state index in [1.807, 2.05) is 58.3 Å². The molecular formula is C21H24ClN3OS. The van der Waals surface area contributed by atoms with E-state index in [9.17, 15) is 4.79 Å². The van der Waals surface area contributed by atoms with Crippen LogP contribution >= 0.6 is 22.9 Å². The zero-order chi connectivity index (χ0) is 19.6. The van der Waals surface area contributed by atoms with Crippen molar-refractivity contribution in [3.05, 3.63) is 58.1 Å². The highest BCUT2D eigenvalue weighted by Crippen LogP contribution is 2.35. The lowest BCUT2D eigenvalue weighted by atomic mass is 10.1. The fourth-order valence-corrected chi connectivity index (χ4v) is 4.29. The van der Waals surface area contributed by atoms with Crippen molar-refractivity contribution in [1.29, 1.82) is 0 Å². The second-order valence-electron chi connectivity index (χ2n) is 7.05. The average molecular weight is 402 g/mol. The van der Waals surface area contributed by atoms with E-state index in [0.29, 0.717) is 23.1 Å². The number of anilines is 1. The summed E-state index contributed by atoms with van der Waals surface area (Å²) in [6.07, 6.45) is 0.359. The first kappa shape index (κ1) is 19.8. The summed E-state index contributed by atoms with van der Waals surface area (Å²) in [5, 5.41) is 1.39. The summed E-state index contributed by atoms with van der Waals surface area (Å²) in [6.45, 7) is 5.41. The Morgan fingerprint density at radius 3 is 2.59 bits per heavy atom. The fourth-order valence-electron chi connectivity index (χ4n) is 2.93. The highest BCUT2D eigenvalue weighted by Gasteiger charge is 2.21. The van der Waals surface area contributed by atoms with Crippen molar-refractivity contribution in [3.8, 4) is 0 Å². The summed E-state index contributed by atoms with van der Waals surface area (Å²) >= 11 is 7.84. The molecule has 0 N–H and O–H groups in total. The van der Waals surface area contributed by atoms with Crippen LogP contribution in [-0.4, -0.2) is 43.0 Å². The van der Waals surface area contributed by atoms with Gasteiger partial charge in [-0.05, 0) is 45.1 Å². The number of aromatic nitrogens is 1. The Labute approximate surface area is 169 Å². The standard InChI is InChI=1S/C21H24ClN3OS/c1-14-6-5-7-16(12-14)13-18(26)25(11-10-24(3)4)21-23-19-15(2)8-9-17(22)20(19)27-21/h5-9,12H,10-11,13H2,1-4H3. The van der Waals surface area contributed by atoms with Crippen LogP contribution in [0.25, 0.3) is 10.2 Å². The highest BCUT2D eigenvalue weighted by atomic mass is 35.5. The first-order chi connectivity index (χ1) is 12.8. The van der Waals surface area contributed by atoms with Gasteiger partial charge in [0.1, 0.15) is 0 Å². The van der Waals surface area contributed by atoms with E-state index in [2.05, 4.69) is 11.0 Å². The van der Waals surface area contributed by atoms with Crippen molar-refractivity contribution >= 4 is 44.2 Å². The van der Waals surface area contributed by atoms with E-state index >= 15 is 0 Å². The van der Waals surface area contributed by atoms with Gasteiger partial charge in [0.05, 0.1) is 21.7 Å². The maximum absolute atomic E-state index is 13.1. The zero-order valence-electron chi connectivity index (χ0n) is 16.1. The minimum absolute atomic E-state index is 0.0512. The largest absolute Gasteiger partial charge is 0.308 e. The third-order valence-electron chi connectivity index (χ3n) is 4.43. The van der Waals surface area contributed by atoms with E-state index in [-0.39, 0.29) is 5.91 Å². The van der Waals surface area contributed by atoms with Crippen molar-refractivity contribution in [2.45, 2.75) is 20.3 Å². The predicted octanol–water partition coefficient (Wildman–Crippen LogP) is 4.70. The molecule has 4 nitrogen and oxygen atoms in total. The molecule has 0 radical (unpaired) electrons. The lowest BCUT2D eigenvalue weighted by Crippen LogP contribution is -2.37. The molecule has 1 heterocycles. The minimum atomic E-state index is 0.0512. The number of halogens is 1. The number of carbonyl (C=O) groups excluding carboxylic acids is 1. The van der Waals surface area contributed by atoms with Gasteiger partial charge in [0, 0.05) is 13.1 Å². The number of fused-ring (bicyclic) bond motifs is 1. The van der Waals surface area contributed by atoms with Gasteiger partial charge in [0.15, 0.2) is 5.13 Å². The topological polar surface area (TPSA) is 36.4 Å². The number of likely N-dealkylation sites (N-methyl/N-ethyl adjacent to an activating group) is 1. The van der Waals surface area contributed by atoms with E-state index in [1.54, 1.807) is 4.90 Å². The summed E-state index contributed by atoms with van der Waals surface area (Å²) in [6, 6.07) is 11.9. The predicted molar refractivity (Wildman–Crippen MR) is 115 cm³/mol. The third-order valence-corrected chi connectivity index (χ3v) is 5.97. The number of amides is 1. The van der Waals surface area contributed by atoms with Gasteiger partial charge in [-0.1, -0.05) is 58.8 Å². The number of benzene rings is 2. The van der Waals surface area contributed by atoms with Crippen LogP contribution in [0.2, 0.25) is 5.02 Å². The molecule has 6 heteroatoms. The van der Waals surface area contributed by atoms with E-state index in [4.69, 9.17) is 16.6 Å². The molecule has 3 aromatic rings. The molecule has 0 aliphatic carbocycles. The van der Waals surface area contributed by atoms with Crippen LogP contribution in [0.4, 0.5) is 5.13 Å². The Balaban J connectivity index is 1.94. The number of carbonyl (C=O) groups is 1. The van der Waals surface area contributed by atoms with Crippen LogP contribution < -0.4 is 4.90 Å². The van der Waals surface area contributed by atoms with E-state index < -0.39 is 0 Å². The molecule has 142 valence electrons. The van der Waals surface area contributed by atoms with Gasteiger partial charge in [-0.3, -0.25) is 9.69 Å². The van der Waals surface area contributed by atoms with Gasteiger partial charge in [0.25, 0.3) is 0 Å². The van der Waals surface area contributed by atoms with Gasteiger partial charge in [0.2, 0.25) is 5.91 Å². The Bertz CT molecular complexity index is 928. The molecule has 1 aromatic heterocycles. The molecule has 2 aromatic carbocycles. The Hall–Kier alpha value is -1.95. The SMILES string of the molecule is Cc1cccc(CC(=O)N(CCN(C)C)c2nc3c(C)ccc(Cl)c3s2)c1. The first-order valence-corrected chi connectivity index (χ1v) is 10.1. The number of hydrogen-bond donors (Lipinski definition) is 0. The van der Waals surface area contributed by atoms with Crippen molar-refractivity contribution in [3.63, 3.8) is 0 Å². The number of aryl methyl sites for hydroxylation is 2. The lowest BCUT2D eigenvalue weighted by Gasteiger charge is -2.22. The average Bonchev–Trinajstić information content (AvgIpc) is 3.04. The summed E-state index contributed by atoms with van der Waals surface area (Å²) in [7, 11) is 4.01. The summed E-state index contributed by atoms with van der Waals surface area (Å²) < 4.78 is 0.935. The first-order valence-electron chi connectivity index (χ1n) is 8.91. The molecule has 3 rings (SSSR count). The number of rotatable bonds is 6. The van der Waals surface area contributed by atoms with Crippen LogP contribution in [0.3, 0.4) is 0 Å². The van der Waals surface area contributed by atoms with Crippen molar-refractivity contribution < 1.29 is 4.79 Å². The van der Waals surface area contributed by atoms with Crippen LogP contribution in [0.1, 0.15) is 16.7 Å².